The molecule has 55 heavy (non-hydrogen) atoms. The van der Waals surface area contributed by atoms with Crippen molar-refractivity contribution in [2.45, 2.75) is 62.8 Å². The molecule has 13 heteroatoms. The number of amides is 1. The van der Waals surface area contributed by atoms with E-state index in [9.17, 15) is 9.59 Å². The Morgan fingerprint density at radius 3 is 2.44 bits per heavy atom. The third-order valence-electron chi connectivity index (χ3n) is 11.6. The summed E-state index contributed by atoms with van der Waals surface area (Å²) in [6.07, 6.45) is 5.80. The first kappa shape index (κ1) is 35.3. The number of ketones is 1. The van der Waals surface area contributed by atoms with Crippen LogP contribution in [0.3, 0.4) is 0 Å². The number of nitrogens with zero attached hydrogens (tertiary/aromatic N) is 6. The highest BCUT2D eigenvalue weighted by Crippen LogP contribution is 2.41. The molecule has 0 spiro atoms. The molecule has 0 N–H and O–H groups in total. The topological polar surface area (TPSA) is 119 Å². The van der Waals surface area contributed by atoms with Crippen LogP contribution in [-0.4, -0.2) is 101 Å². The second-order valence-electron chi connectivity index (χ2n) is 15.1. The highest BCUT2D eigenvalue weighted by Gasteiger charge is 2.46. The lowest BCUT2D eigenvalue weighted by atomic mass is 9.90. The third-order valence-corrected chi connectivity index (χ3v) is 11.6. The van der Waals surface area contributed by atoms with Crippen LogP contribution in [0, 0.1) is 5.82 Å². The van der Waals surface area contributed by atoms with E-state index < -0.39 is 24.0 Å². The highest BCUT2D eigenvalue weighted by atomic mass is 19.1. The summed E-state index contributed by atoms with van der Waals surface area (Å²) in [5.74, 6) is 0.452. The van der Waals surface area contributed by atoms with E-state index in [4.69, 9.17) is 33.9 Å². The van der Waals surface area contributed by atoms with E-state index in [1.807, 2.05) is 65.6 Å². The predicted octanol–water partition coefficient (Wildman–Crippen LogP) is 6.53. The fourth-order valence-electron chi connectivity index (χ4n) is 9.12. The number of anilines is 1. The zero-order valence-corrected chi connectivity index (χ0v) is 30.8. The summed E-state index contributed by atoms with van der Waals surface area (Å²) in [7, 11) is 1.54. The molecule has 9 rings (SSSR count). The summed E-state index contributed by atoms with van der Waals surface area (Å²) in [6.45, 7) is 3.23. The van der Waals surface area contributed by atoms with E-state index in [0.29, 0.717) is 42.2 Å². The second kappa shape index (κ2) is 14.7. The Morgan fingerprint density at radius 1 is 0.927 bits per heavy atom. The van der Waals surface area contributed by atoms with E-state index in [1.54, 1.807) is 24.3 Å². The number of piperidine rings is 1. The Balaban J connectivity index is 1.09. The van der Waals surface area contributed by atoms with Gasteiger partial charge >= 0.3 is 12.1 Å². The number of carbonyl (C=O) groups excluding carboxylic acids is 2. The van der Waals surface area contributed by atoms with Gasteiger partial charge in [-0.3, -0.25) is 19.6 Å². The van der Waals surface area contributed by atoms with Gasteiger partial charge in [0.25, 0.3) is 0 Å². The number of benzene rings is 3. The van der Waals surface area contributed by atoms with E-state index in [2.05, 4.69) is 4.90 Å². The molecule has 4 fully saturated rings. The number of methoxy groups -OCH3 is 1. The van der Waals surface area contributed by atoms with E-state index in [-0.39, 0.29) is 54.8 Å². The summed E-state index contributed by atoms with van der Waals surface area (Å²) in [4.78, 5) is 47.1. The third kappa shape index (κ3) is 6.69. The number of halogens is 1. The Morgan fingerprint density at radius 2 is 1.67 bits per heavy atom. The van der Waals surface area contributed by atoms with Crippen LogP contribution >= 0.6 is 0 Å². The number of hydrogen-bond acceptors (Lipinski definition) is 11. The van der Waals surface area contributed by atoms with Gasteiger partial charge < -0.3 is 23.8 Å². The van der Waals surface area contributed by atoms with Gasteiger partial charge in [0, 0.05) is 44.8 Å². The number of fused-ring (bicyclic) bond motifs is 5. The van der Waals surface area contributed by atoms with Gasteiger partial charge in [0.15, 0.2) is 12.6 Å². The zero-order valence-electron chi connectivity index (χ0n) is 30.8. The number of ether oxygens (including phenoxy) is 4. The molecule has 12 nitrogen and oxygen atoms in total. The van der Waals surface area contributed by atoms with E-state index >= 15 is 4.39 Å². The lowest BCUT2D eigenvalue weighted by molar-refractivity contribution is -0.125. The number of Topliss-reactive ketones (excluding diaryl/α,β-unsaturated/α-hetero) is 1. The normalized spacial score (nSPS) is 20.6. The van der Waals surface area contributed by atoms with Gasteiger partial charge in [0.05, 0.1) is 23.0 Å². The molecule has 2 unspecified atom stereocenters. The molecule has 2 atom stereocenters. The first-order valence-corrected chi connectivity index (χ1v) is 19.0. The van der Waals surface area contributed by atoms with Gasteiger partial charge in [0.1, 0.15) is 41.8 Å². The van der Waals surface area contributed by atoms with Crippen LogP contribution in [0.1, 0.15) is 44.1 Å². The van der Waals surface area contributed by atoms with Crippen LogP contribution in [0.4, 0.5) is 15.0 Å². The molecule has 6 heterocycles. The lowest BCUT2D eigenvalue weighted by Gasteiger charge is -2.49. The number of rotatable bonds is 10. The first-order valence-electron chi connectivity index (χ1n) is 19.0. The van der Waals surface area contributed by atoms with Crippen LogP contribution in [0.5, 0.6) is 11.8 Å². The SMILES string of the molecule is COCOc1cc(-c2ncc3c(N4CC5CC(=O)CC(C4)N5C(=O)OCc4ccccc4)nc(OCC45CCCN4CCC5)nc3c2F)c2ccccc2c1. The van der Waals surface area contributed by atoms with Crippen molar-refractivity contribution in [3.63, 3.8) is 0 Å². The second-order valence-corrected chi connectivity index (χ2v) is 15.1. The molecular weight excluding hydrogens is 703 g/mol. The molecule has 4 aliphatic rings. The monoisotopic (exact) mass is 746 g/mol. The van der Waals surface area contributed by atoms with Crippen LogP contribution in [0.25, 0.3) is 32.9 Å². The summed E-state index contributed by atoms with van der Waals surface area (Å²) in [6, 6.07) is 20.0. The average molecular weight is 747 g/mol. The molecule has 0 saturated carbocycles. The largest absolute Gasteiger partial charge is 0.468 e. The molecule has 1 amide bonds. The number of pyridine rings is 1. The minimum absolute atomic E-state index is 0.0349. The van der Waals surface area contributed by atoms with Crippen LogP contribution in [0.15, 0.2) is 72.9 Å². The smallest absolute Gasteiger partial charge is 0.410 e. The first-order chi connectivity index (χ1) is 26.9. The Bertz CT molecular complexity index is 2230. The number of aromatic nitrogens is 3. The lowest BCUT2D eigenvalue weighted by Crippen LogP contribution is -2.64. The maximum atomic E-state index is 17.2. The Hall–Kier alpha value is -5.40. The fraction of sp³-hybridized carbons (Fsp3) is 0.405. The maximum Gasteiger partial charge on any atom is 0.410 e. The molecule has 4 saturated heterocycles. The molecule has 3 aromatic carbocycles. The van der Waals surface area contributed by atoms with Crippen molar-refractivity contribution in [3.8, 4) is 23.0 Å². The molecule has 284 valence electrons. The molecule has 2 aromatic heterocycles. The summed E-state index contributed by atoms with van der Waals surface area (Å²) < 4.78 is 40.4. The Kier molecular flexibility index (Phi) is 9.43. The van der Waals surface area contributed by atoms with Gasteiger partial charge in [-0.1, -0.05) is 54.6 Å². The van der Waals surface area contributed by atoms with Gasteiger partial charge in [-0.2, -0.15) is 9.97 Å². The maximum absolute atomic E-state index is 17.2. The van der Waals surface area contributed by atoms with Crippen molar-refractivity contribution in [3.05, 3.63) is 84.3 Å². The minimum atomic E-state index is -0.611. The van der Waals surface area contributed by atoms with E-state index in [0.717, 1.165) is 55.1 Å². The molecule has 0 radical (unpaired) electrons. The van der Waals surface area contributed by atoms with E-state index in [1.165, 1.54) is 0 Å². The average Bonchev–Trinajstić information content (AvgIpc) is 3.79. The highest BCUT2D eigenvalue weighted by molar-refractivity contribution is 6.00. The fourth-order valence-corrected chi connectivity index (χ4v) is 9.12. The summed E-state index contributed by atoms with van der Waals surface area (Å²) in [5, 5.41) is 2.08. The number of piperazine rings is 1. The number of carbonyl (C=O) groups is 2. The van der Waals surface area contributed by atoms with Crippen molar-refractivity contribution in [1.29, 1.82) is 0 Å². The predicted molar refractivity (Wildman–Crippen MR) is 203 cm³/mol. The van der Waals surface area contributed by atoms with Gasteiger partial charge in [-0.15, -0.1) is 0 Å². The quantitative estimate of drug-likeness (QED) is 0.145. The standard InChI is InChI=1S/C42H43FN6O6/c1-52-26-55-32-17-28-11-5-6-12-33(28)34(20-32)37-36(43)38-35(21-44-37)39(46-40(45-38)54-25-42-13-7-15-48(42)16-8-14-42)47-22-29-18-31(50)19-30(23-47)49(29)41(51)53-24-27-9-3-2-4-10-27/h2-6,9-12,17,20-21,29-30H,7-8,13-16,18-19,22-26H2,1H3. The Labute approximate surface area is 318 Å². The summed E-state index contributed by atoms with van der Waals surface area (Å²) >= 11 is 0. The molecule has 4 aliphatic heterocycles. The summed E-state index contributed by atoms with van der Waals surface area (Å²) in [5.41, 5.74) is 1.55. The van der Waals surface area contributed by atoms with Crippen molar-refractivity contribution in [1.82, 2.24) is 24.8 Å². The van der Waals surface area contributed by atoms with Gasteiger partial charge in [-0.25, -0.2) is 9.18 Å². The minimum Gasteiger partial charge on any atom is -0.468 e. The molecule has 2 bridgehead atoms. The van der Waals surface area contributed by atoms with Crippen LogP contribution in [0.2, 0.25) is 0 Å². The zero-order chi connectivity index (χ0) is 37.5. The van der Waals surface area contributed by atoms with Crippen molar-refractivity contribution in [2.75, 3.05) is 51.6 Å². The molecule has 5 aromatic rings. The van der Waals surface area contributed by atoms with Crippen molar-refractivity contribution in [2.24, 2.45) is 0 Å². The van der Waals surface area contributed by atoms with Crippen molar-refractivity contribution >= 4 is 39.4 Å². The van der Waals surface area contributed by atoms with Crippen LogP contribution < -0.4 is 14.4 Å². The van der Waals surface area contributed by atoms with Gasteiger partial charge in [-0.05, 0) is 67.2 Å². The number of hydrogen-bond donors (Lipinski definition) is 0. The van der Waals surface area contributed by atoms with Crippen molar-refractivity contribution < 1.29 is 32.9 Å². The van der Waals surface area contributed by atoms with Gasteiger partial charge in [0.2, 0.25) is 0 Å². The molecule has 0 aliphatic carbocycles. The van der Waals surface area contributed by atoms with Crippen LogP contribution in [-0.2, 0) is 20.9 Å². The molecular formula is C42H43FN6O6.